The van der Waals surface area contributed by atoms with Crippen LogP contribution in [0.25, 0.3) is 0 Å². The molecule has 2 aromatic heterocycles. The van der Waals surface area contributed by atoms with Gasteiger partial charge in [-0.1, -0.05) is 18.0 Å². The van der Waals surface area contributed by atoms with Crippen LogP contribution < -0.4 is 4.72 Å². The zero-order chi connectivity index (χ0) is 14.1. The number of nitrogens with zero attached hydrogens (tertiary/aromatic N) is 3. The fourth-order valence-corrected chi connectivity index (χ4v) is 4.74. The van der Waals surface area contributed by atoms with Gasteiger partial charge in [0.25, 0.3) is 0 Å². The minimum Gasteiger partial charge on any atom is -0.343 e. The molecule has 0 radical (unpaired) electrons. The summed E-state index contributed by atoms with van der Waals surface area (Å²) >= 11 is 1.38. The Hall–Kier alpha value is -1.32. The van der Waals surface area contributed by atoms with Gasteiger partial charge in [0, 0.05) is 5.38 Å². The zero-order valence-electron chi connectivity index (χ0n) is 10.7. The Balaban J connectivity index is 1.83. The van der Waals surface area contributed by atoms with E-state index in [1.165, 1.54) is 17.7 Å². The maximum Gasteiger partial charge on any atom is 0.218 e. The summed E-state index contributed by atoms with van der Waals surface area (Å²) in [7, 11) is -3.50. The summed E-state index contributed by atoms with van der Waals surface area (Å²) in [5.41, 5.74) is 1.43. The number of hydrogen-bond donors (Lipinski definition) is 1. The number of hydrogen-bond acceptors (Lipinski definition) is 7. The van der Waals surface area contributed by atoms with Crippen molar-refractivity contribution in [2.45, 2.75) is 37.0 Å². The molecule has 1 fully saturated rings. The van der Waals surface area contributed by atoms with Gasteiger partial charge < -0.3 is 4.52 Å². The maximum atomic E-state index is 12.3. The average Bonchev–Trinajstić information content (AvgIpc) is 3.08. The van der Waals surface area contributed by atoms with Gasteiger partial charge in [0.05, 0.1) is 16.7 Å². The molecular weight excluding hydrogens is 300 g/mol. The van der Waals surface area contributed by atoms with E-state index in [0.29, 0.717) is 24.4 Å². The Morgan fingerprint density at radius 1 is 1.35 bits per heavy atom. The van der Waals surface area contributed by atoms with E-state index in [0.717, 1.165) is 12.8 Å². The molecule has 0 unspecified atom stereocenters. The zero-order valence-corrected chi connectivity index (χ0v) is 12.3. The van der Waals surface area contributed by atoms with Gasteiger partial charge in [0.2, 0.25) is 16.4 Å². The second-order valence-corrected chi connectivity index (χ2v) is 7.33. The molecule has 2 heterocycles. The summed E-state index contributed by atoms with van der Waals surface area (Å²) in [6, 6.07) is 0. The van der Waals surface area contributed by atoms with E-state index in [4.69, 9.17) is 4.52 Å². The molecule has 20 heavy (non-hydrogen) atoms. The van der Waals surface area contributed by atoms with E-state index >= 15 is 0 Å². The van der Waals surface area contributed by atoms with Gasteiger partial charge in [-0.3, -0.25) is 0 Å². The van der Waals surface area contributed by atoms with Crippen LogP contribution in [0.1, 0.15) is 37.2 Å². The Morgan fingerprint density at radius 3 is 2.75 bits per heavy atom. The van der Waals surface area contributed by atoms with Crippen molar-refractivity contribution in [3.63, 3.8) is 0 Å². The highest BCUT2D eigenvalue weighted by Crippen LogP contribution is 2.37. The van der Waals surface area contributed by atoms with Crippen molar-refractivity contribution in [1.29, 1.82) is 0 Å². The molecule has 9 heteroatoms. The van der Waals surface area contributed by atoms with E-state index in [2.05, 4.69) is 19.8 Å². The predicted octanol–water partition coefficient (Wildman–Crippen LogP) is 1.42. The highest BCUT2D eigenvalue weighted by atomic mass is 32.2. The minimum atomic E-state index is -3.50. The molecule has 2 aromatic rings. The van der Waals surface area contributed by atoms with E-state index in [9.17, 15) is 8.42 Å². The van der Waals surface area contributed by atoms with Crippen molar-refractivity contribution in [3.8, 4) is 0 Å². The standard InChI is InChI=1S/C11H14N4O3S2/c16-20(17,6-9-5-19-8-13-9)15-11(3-1-2-4-11)10-12-7-18-14-10/h5,7-8,15H,1-4,6H2. The Bertz CT molecular complexity index is 646. The summed E-state index contributed by atoms with van der Waals surface area (Å²) < 4.78 is 32.2. The third kappa shape index (κ3) is 2.74. The average molecular weight is 314 g/mol. The number of thiazole rings is 1. The maximum absolute atomic E-state index is 12.3. The third-order valence-electron chi connectivity index (χ3n) is 3.42. The fourth-order valence-electron chi connectivity index (χ4n) is 2.57. The lowest BCUT2D eigenvalue weighted by Crippen LogP contribution is -2.45. The molecule has 0 aliphatic heterocycles. The van der Waals surface area contributed by atoms with Crippen LogP contribution in [0.2, 0.25) is 0 Å². The SMILES string of the molecule is O=S(=O)(Cc1cscn1)NC1(c2ncon2)CCCC1. The highest BCUT2D eigenvalue weighted by Gasteiger charge is 2.42. The predicted molar refractivity (Wildman–Crippen MR) is 72.3 cm³/mol. The van der Waals surface area contributed by atoms with E-state index < -0.39 is 15.6 Å². The minimum absolute atomic E-state index is 0.129. The van der Waals surface area contributed by atoms with Crippen molar-refractivity contribution >= 4 is 21.4 Å². The summed E-state index contributed by atoms with van der Waals surface area (Å²) in [5.74, 6) is 0.285. The van der Waals surface area contributed by atoms with Crippen LogP contribution in [0.5, 0.6) is 0 Å². The highest BCUT2D eigenvalue weighted by molar-refractivity contribution is 7.88. The second kappa shape index (κ2) is 5.23. The van der Waals surface area contributed by atoms with Crippen LogP contribution >= 0.6 is 11.3 Å². The molecule has 1 saturated carbocycles. The van der Waals surface area contributed by atoms with Gasteiger partial charge in [-0.05, 0) is 12.8 Å². The molecule has 0 atom stereocenters. The molecule has 0 saturated heterocycles. The normalized spacial score (nSPS) is 18.4. The van der Waals surface area contributed by atoms with Crippen LogP contribution in [0.3, 0.4) is 0 Å². The molecule has 1 aliphatic carbocycles. The largest absolute Gasteiger partial charge is 0.343 e. The van der Waals surface area contributed by atoms with E-state index in [1.807, 2.05) is 0 Å². The lowest BCUT2D eigenvalue weighted by Gasteiger charge is -2.26. The first-order valence-electron chi connectivity index (χ1n) is 6.25. The molecule has 7 nitrogen and oxygen atoms in total. The summed E-state index contributed by atoms with van der Waals surface area (Å²) in [5, 5.41) is 5.56. The molecule has 0 aromatic carbocycles. The smallest absolute Gasteiger partial charge is 0.218 e. The first-order valence-corrected chi connectivity index (χ1v) is 8.85. The van der Waals surface area contributed by atoms with Gasteiger partial charge in [-0.15, -0.1) is 11.3 Å². The quantitative estimate of drug-likeness (QED) is 0.896. The number of aromatic nitrogens is 3. The molecule has 3 rings (SSSR count). The van der Waals surface area contributed by atoms with Crippen LogP contribution in [0.15, 0.2) is 21.8 Å². The summed E-state index contributed by atoms with van der Waals surface area (Å²) in [6.07, 6.45) is 4.47. The topological polar surface area (TPSA) is 98.0 Å². The lowest BCUT2D eigenvalue weighted by atomic mass is 9.99. The Morgan fingerprint density at radius 2 is 2.15 bits per heavy atom. The molecule has 1 N–H and O–H groups in total. The van der Waals surface area contributed by atoms with Crippen LogP contribution in [0.4, 0.5) is 0 Å². The first kappa shape index (κ1) is 13.7. The van der Waals surface area contributed by atoms with Crippen LogP contribution in [-0.2, 0) is 21.3 Å². The number of nitrogens with one attached hydrogen (secondary N) is 1. The van der Waals surface area contributed by atoms with Gasteiger partial charge in [0.15, 0.2) is 5.82 Å². The molecule has 108 valence electrons. The van der Waals surface area contributed by atoms with Crippen molar-refractivity contribution in [2.24, 2.45) is 0 Å². The molecule has 0 amide bonds. The second-order valence-electron chi connectivity index (χ2n) is 4.88. The number of sulfonamides is 1. The van der Waals surface area contributed by atoms with Gasteiger partial charge >= 0.3 is 0 Å². The van der Waals surface area contributed by atoms with Crippen LogP contribution in [0, 0.1) is 0 Å². The van der Waals surface area contributed by atoms with Crippen molar-refractivity contribution in [3.05, 3.63) is 28.8 Å². The van der Waals surface area contributed by atoms with E-state index in [-0.39, 0.29) is 5.75 Å². The fraction of sp³-hybridized carbons (Fsp3) is 0.545. The lowest BCUT2D eigenvalue weighted by molar-refractivity contribution is 0.343. The van der Waals surface area contributed by atoms with Crippen molar-refractivity contribution in [2.75, 3.05) is 0 Å². The van der Waals surface area contributed by atoms with Gasteiger partial charge in [-0.2, -0.15) is 4.98 Å². The molecule has 0 bridgehead atoms. The van der Waals surface area contributed by atoms with Crippen molar-refractivity contribution < 1.29 is 12.9 Å². The third-order valence-corrected chi connectivity index (χ3v) is 5.43. The van der Waals surface area contributed by atoms with Gasteiger partial charge in [0.1, 0.15) is 5.75 Å². The Labute approximate surface area is 120 Å². The monoisotopic (exact) mass is 314 g/mol. The summed E-state index contributed by atoms with van der Waals surface area (Å²) in [4.78, 5) is 8.04. The van der Waals surface area contributed by atoms with Crippen molar-refractivity contribution in [1.82, 2.24) is 19.8 Å². The number of rotatable bonds is 5. The van der Waals surface area contributed by atoms with Gasteiger partial charge in [-0.25, -0.2) is 18.1 Å². The van der Waals surface area contributed by atoms with Crippen LogP contribution in [-0.4, -0.2) is 23.5 Å². The molecular formula is C11H14N4O3S2. The molecule has 0 spiro atoms. The molecule has 1 aliphatic rings. The first-order chi connectivity index (χ1) is 9.60. The van der Waals surface area contributed by atoms with E-state index in [1.54, 1.807) is 10.9 Å². The Kier molecular flexibility index (Phi) is 3.57. The summed E-state index contributed by atoms with van der Waals surface area (Å²) in [6.45, 7) is 0.